The zero-order valence-electron chi connectivity index (χ0n) is 5.34. The van der Waals surface area contributed by atoms with E-state index in [1.165, 1.54) is 0 Å². The van der Waals surface area contributed by atoms with Crippen LogP contribution in [0, 0.1) is 0 Å². The molecule has 1 heterocycles. The van der Waals surface area contributed by atoms with Crippen LogP contribution in [0.1, 0.15) is 13.3 Å². The van der Waals surface area contributed by atoms with E-state index in [4.69, 9.17) is 0 Å². The van der Waals surface area contributed by atoms with Crippen molar-refractivity contribution in [1.29, 1.82) is 0 Å². The molecule has 0 amide bonds. The fourth-order valence-corrected chi connectivity index (χ4v) is 0.854. The highest BCUT2D eigenvalue weighted by Crippen LogP contribution is 2.08. The molecule has 0 aromatic rings. The Morgan fingerprint density at radius 3 is 2.78 bits per heavy atom. The van der Waals surface area contributed by atoms with Gasteiger partial charge in [-0.05, 0) is 6.42 Å². The van der Waals surface area contributed by atoms with Crippen molar-refractivity contribution in [2.75, 3.05) is 6.67 Å². The quantitative estimate of drug-likeness (QED) is 0.521. The van der Waals surface area contributed by atoms with Gasteiger partial charge in [-0.15, -0.1) is 0 Å². The Kier molecular flexibility index (Phi) is 2.03. The van der Waals surface area contributed by atoms with Crippen molar-refractivity contribution >= 4 is 6.34 Å². The first-order valence-corrected chi connectivity index (χ1v) is 3.09. The van der Waals surface area contributed by atoms with Gasteiger partial charge in [-0.2, -0.15) is 0 Å². The molecule has 2 atom stereocenters. The van der Waals surface area contributed by atoms with E-state index >= 15 is 0 Å². The second kappa shape index (κ2) is 2.80. The fourth-order valence-electron chi connectivity index (χ4n) is 0.854. The van der Waals surface area contributed by atoms with Crippen molar-refractivity contribution < 1.29 is 4.39 Å². The Hall–Kier alpha value is -0.600. The van der Waals surface area contributed by atoms with Crippen LogP contribution in [-0.4, -0.2) is 25.1 Å². The number of hydrogen-bond donors (Lipinski definition) is 0. The summed E-state index contributed by atoms with van der Waals surface area (Å²) >= 11 is 0. The van der Waals surface area contributed by atoms with Gasteiger partial charge in [0.05, 0.1) is 6.04 Å². The van der Waals surface area contributed by atoms with Crippen LogP contribution in [0.15, 0.2) is 4.99 Å². The normalized spacial score (nSPS) is 32.7. The van der Waals surface area contributed by atoms with Gasteiger partial charge in [0.15, 0.2) is 6.34 Å². The molecule has 9 heavy (non-hydrogen) atoms. The SMILES string of the molecule is CCC1[N][C]=NC1CF. The van der Waals surface area contributed by atoms with Gasteiger partial charge in [0.2, 0.25) is 0 Å². The first-order valence-electron chi connectivity index (χ1n) is 3.09. The molecule has 1 aliphatic rings. The highest BCUT2D eigenvalue weighted by atomic mass is 19.1. The van der Waals surface area contributed by atoms with Crippen LogP contribution in [0.2, 0.25) is 0 Å². The van der Waals surface area contributed by atoms with Gasteiger partial charge in [-0.3, -0.25) is 10.3 Å². The van der Waals surface area contributed by atoms with E-state index in [-0.39, 0.29) is 12.1 Å². The minimum Gasteiger partial charge on any atom is -0.258 e. The van der Waals surface area contributed by atoms with Crippen molar-refractivity contribution in [2.24, 2.45) is 4.99 Å². The lowest BCUT2D eigenvalue weighted by Crippen LogP contribution is -2.27. The van der Waals surface area contributed by atoms with Crippen LogP contribution in [0.5, 0.6) is 0 Å². The van der Waals surface area contributed by atoms with Crippen LogP contribution in [-0.2, 0) is 0 Å². The zero-order chi connectivity index (χ0) is 6.69. The number of alkyl halides is 1. The van der Waals surface area contributed by atoms with Crippen molar-refractivity contribution in [1.82, 2.24) is 5.32 Å². The van der Waals surface area contributed by atoms with Crippen LogP contribution in [0.4, 0.5) is 4.39 Å². The summed E-state index contributed by atoms with van der Waals surface area (Å²) in [6, 6.07) is -0.190. The Labute approximate surface area is 54.2 Å². The van der Waals surface area contributed by atoms with Gasteiger partial charge in [0, 0.05) is 0 Å². The summed E-state index contributed by atoms with van der Waals surface area (Å²) in [5, 5.41) is 3.85. The summed E-state index contributed by atoms with van der Waals surface area (Å²) in [6.45, 7) is 1.56. The fraction of sp³-hybridized carbons (Fsp3) is 0.833. The van der Waals surface area contributed by atoms with E-state index in [0.29, 0.717) is 0 Å². The number of nitrogens with zero attached hydrogens (tertiary/aromatic N) is 2. The average molecular weight is 128 g/mol. The standard InChI is InChI=1S/C6H9FN2/c1-2-5-6(3-7)9-4-8-5/h5-6H,2-3H2,1H3. The zero-order valence-corrected chi connectivity index (χ0v) is 5.34. The third kappa shape index (κ3) is 1.20. The monoisotopic (exact) mass is 128 g/mol. The molecule has 2 nitrogen and oxygen atoms in total. The first kappa shape index (κ1) is 6.52. The molecule has 0 bridgehead atoms. The molecule has 0 N–H and O–H groups in total. The van der Waals surface area contributed by atoms with Crippen LogP contribution < -0.4 is 5.32 Å². The summed E-state index contributed by atoms with van der Waals surface area (Å²) in [6.07, 6.45) is 3.29. The highest BCUT2D eigenvalue weighted by Gasteiger charge is 2.23. The van der Waals surface area contributed by atoms with E-state index in [2.05, 4.69) is 16.6 Å². The Balaban J connectivity index is 2.39. The second-order valence-electron chi connectivity index (χ2n) is 2.06. The Morgan fingerprint density at radius 2 is 2.33 bits per heavy atom. The van der Waals surface area contributed by atoms with Crippen LogP contribution >= 0.6 is 0 Å². The third-order valence-electron chi connectivity index (χ3n) is 1.47. The summed E-state index contributed by atoms with van der Waals surface area (Å²) in [5.41, 5.74) is 0. The maximum atomic E-state index is 11.9. The highest BCUT2D eigenvalue weighted by molar-refractivity contribution is 5.57. The largest absolute Gasteiger partial charge is 0.258 e. The molecule has 0 aromatic carbocycles. The maximum absolute atomic E-state index is 11.9. The van der Waals surface area contributed by atoms with Gasteiger partial charge >= 0.3 is 0 Å². The first-order chi connectivity index (χ1) is 4.38. The average Bonchev–Trinajstić information content (AvgIpc) is 2.33. The van der Waals surface area contributed by atoms with Gasteiger partial charge in [0.1, 0.15) is 12.7 Å². The minimum atomic E-state index is -0.408. The van der Waals surface area contributed by atoms with E-state index < -0.39 is 6.67 Å². The molecular weight excluding hydrogens is 119 g/mol. The van der Waals surface area contributed by atoms with E-state index in [1.807, 2.05) is 6.92 Å². The van der Waals surface area contributed by atoms with Crippen molar-refractivity contribution in [2.45, 2.75) is 25.4 Å². The van der Waals surface area contributed by atoms with Crippen LogP contribution in [0.25, 0.3) is 0 Å². The second-order valence-corrected chi connectivity index (χ2v) is 2.06. The maximum Gasteiger partial charge on any atom is 0.188 e. The van der Waals surface area contributed by atoms with Crippen molar-refractivity contribution in [3.63, 3.8) is 0 Å². The summed E-state index contributed by atoms with van der Waals surface area (Å²) in [5.74, 6) is 0. The molecule has 0 spiro atoms. The molecule has 0 saturated carbocycles. The number of halogens is 1. The van der Waals surface area contributed by atoms with E-state index in [9.17, 15) is 4.39 Å². The summed E-state index contributed by atoms with van der Waals surface area (Å²) < 4.78 is 11.9. The topological polar surface area (TPSA) is 26.5 Å². The predicted molar refractivity (Wildman–Crippen MR) is 33.4 cm³/mol. The van der Waals surface area contributed by atoms with E-state index in [1.54, 1.807) is 0 Å². The van der Waals surface area contributed by atoms with E-state index in [0.717, 1.165) is 6.42 Å². The Morgan fingerprint density at radius 1 is 1.56 bits per heavy atom. The lowest BCUT2D eigenvalue weighted by atomic mass is 10.1. The molecule has 1 rings (SSSR count). The molecule has 2 unspecified atom stereocenters. The molecule has 0 aliphatic carbocycles. The molecule has 0 saturated heterocycles. The summed E-state index contributed by atoms with van der Waals surface area (Å²) in [7, 11) is 0. The molecular formula is C6H9FN2. The van der Waals surface area contributed by atoms with Gasteiger partial charge < -0.3 is 0 Å². The molecule has 0 aromatic heterocycles. The molecule has 3 heteroatoms. The summed E-state index contributed by atoms with van der Waals surface area (Å²) in [4.78, 5) is 3.71. The minimum absolute atomic E-state index is 0.0509. The van der Waals surface area contributed by atoms with Gasteiger partial charge in [0.25, 0.3) is 0 Å². The number of rotatable bonds is 2. The Bertz CT molecular complexity index is 114. The van der Waals surface area contributed by atoms with Gasteiger partial charge in [-0.25, -0.2) is 4.39 Å². The smallest absolute Gasteiger partial charge is 0.188 e. The molecule has 2 radical (unpaired) electrons. The van der Waals surface area contributed by atoms with Gasteiger partial charge in [-0.1, -0.05) is 6.92 Å². The molecule has 1 aliphatic heterocycles. The lowest BCUT2D eigenvalue weighted by molar-refractivity contribution is 0.382. The number of hydrogen-bond acceptors (Lipinski definition) is 1. The molecule has 50 valence electrons. The van der Waals surface area contributed by atoms with Crippen LogP contribution in [0.3, 0.4) is 0 Å². The van der Waals surface area contributed by atoms with Crippen molar-refractivity contribution in [3.05, 3.63) is 0 Å². The number of aliphatic imine (C=N–C) groups is 1. The molecule has 0 fully saturated rings. The van der Waals surface area contributed by atoms with Crippen molar-refractivity contribution in [3.8, 4) is 0 Å². The lowest BCUT2D eigenvalue weighted by Gasteiger charge is -2.09. The third-order valence-corrected chi connectivity index (χ3v) is 1.47. The predicted octanol–water partition coefficient (Wildman–Crippen LogP) is 0.626.